The fourth-order valence-corrected chi connectivity index (χ4v) is 1.43. The molecule has 15 heavy (non-hydrogen) atoms. The van der Waals surface area contributed by atoms with E-state index in [1.54, 1.807) is 24.3 Å². The number of nitrogens with one attached hydrogen (secondary N) is 1. The first-order valence-electron chi connectivity index (χ1n) is 5.13. The SMILES string of the molecule is CCC[C@H](N)C(=O)N(C)Cc1cn[nH]c1. The van der Waals surface area contributed by atoms with Gasteiger partial charge in [0.2, 0.25) is 5.91 Å². The van der Waals surface area contributed by atoms with Crippen LogP contribution in [0.15, 0.2) is 12.4 Å². The van der Waals surface area contributed by atoms with E-state index in [1.165, 1.54) is 0 Å². The second kappa shape index (κ2) is 5.50. The molecule has 0 fully saturated rings. The minimum atomic E-state index is -0.382. The number of nitrogens with two attached hydrogens (primary N) is 1. The Labute approximate surface area is 89.6 Å². The molecule has 0 spiro atoms. The third-order valence-corrected chi connectivity index (χ3v) is 2.27. The first-order chi connectivity index (χ1) is 7.15. The van der Waals surface area contributed by atoms with Crippen molar-refractivity contribution in [3.8, 4) is 0 Å². The zero-order chi connectivity index (χ0) is 11.3. The number of rotatable bonds is 5. The van der Waals surface area contributed by atoms with Gasteiger partial charge in [0, 0.05) is 25.4 Å². The highest BCUT2D eigenvalue weighted by Crippen LogP contribution is 2.03. The van der Waals surface area contributed by atoms with E-state index in [1.807, 2.05) is 6.92 Å². The van der Waals surface area contributed by atoms with Crippen LogP contribution in [0.3, 0.4) is 0 Å². The lowest BCUT2D eigenvalue weighted by atomic mass is 10.1. The van der Waals surface area contributed by atoms with Gasteiger partial charge < -0.3 is 10.6 Å². The lowest BCUT2D eigenvalue weighted by Crippen LogP contribution is -2.41. The molecule has 1 atom stereocenters. The maximum Gasteiger partial charge on any atom is 0.239 e. The quantitative estimate of drug-likeness (QED) is 0.743. The van der Waals surface area contributed by atoms with Crippen LogP contribution >= 0.6 is 0 Å². The normalized spacial score (nSPS) is 12.5. The van der Waals surface area contributed by atoms with Gasteiger partial charge >= 0.3 is 0 Å². The van der Waals surface area contributed by atoms with E-state index in [0.29, 0.717) is 6.54 Å². The summed E-state index contributed by atoms with van der Waals surface area (Å²) in [5.41, 5.74) is 6.72. The van der Waals surface area contributed by atoms with Crippen molar-refractivity contribution in [3.63, 3.8) is 0 Å². The molecule has 1 aromatic rings. The van der Waals surface area contributed by atoms with Gasteiger partial charge in [-0.05, 0) is 6.42 Å². The molecule has 0 bridgehead atoms. The Morgan fingerprint density at radius 2 is 2.47 bits per heavy atom. The Hall–Kier alpha value is -1.36. The molecule has 1 aromatic heterocycles. The Morgan fingerprint density at radius 3 is 3.00 bits per heavy atom. The summed E-state index contributed by atoms with van der Waals surface area (Å²) < 4.78 is 0. The summed E-state index contributed by atoms with van der Waals surface area (Å²) in [6.07, 6.45) is 5.13. The van der Waals surface area contributed by atoms with Crippen LogP contribution in [0.1, 0.15) is 25.3 Å². The highest BCUT2D eigenvalue weighted by Gasteiger charge is 2.17. The third-order valence-electron chi connectivity index (χ3n) is 2.27. The van der Waals surface area contributed by atoms with Gasteiger partial charge in [-0.1, -0.05) is 13.3 Å². The number of nitrogens with zero attached hydrogens (tertiary/aromatic N) is 2. The molecule has 0 aromatic carbocycles. The summed E-state index contributed by atoms with van der Waals surface area (Å²) >= 11 is 0. The van der Waals surface area contributed by atoms with Crippen molar-refractivity contribution in [1.82, 2.24) is 15.1 Å². The van der Waals surface area contributed by atoms with E-state index in [9.17, 15) is 4.79 Å². The fraction of sp³-hybridized carbons (Fsp3) is 0.600. The van der Waals surface area contributed by atoms with Crippen LogP contribution in [0.25, 0.3) is 0 Å². The number of hydrogen-bond acceptors (Lipinski definition) is 3. The predicted molar refractivity (Wildman–Crippen MR) is 57.9 cm³/mol. The van der Waals surface area contributed by atoms with Crippen LogP contribution in [0.4, 0.5) is 0 Å². The largest absolute Gasteiger partial charge is 0.340 e. The molecule has 0 aliphatic carbocycles. The molecule has 0 saturated heterocycles. The Morgan fingerprint density at radius 1 is 1.73 bits per heavy atom. The van der Waals surface area contributed by atoms with Gasteiger partial charge in [-0.15, -0.1) is 0 Å². The number of aromatic nitrogens is 2. The number of likely N-dealkylation sites (N-methyl/N-ethyl adjacent to an activating group) is 1. The van der Waals surface area contributed by atoms with Crippen molar-refractivity contribution in [2.45, 2.75) is 32.4 Å². The monoisotopic (exact) mass is 210 g/mol. The molecule has 0 unspecified atom stereocenters. The smallest absolute Gasteiger partial charge is 0.239 e. The molecule has 0 saturated carbocycles. The number of amides is 1. The first-order valence-corrected chi connectivity index (χ1v) is 5.13. The van der Waals surface area contributed by atoms with E-state index in [4.69, 9.17) is 5.73 Å². The minimum absolute atomic E-state index is 0.0157. The maximum absolute atomic E-state index is 11.7. The zero-order valence-corrected chi connectivity index (χ0v) is 9.23. The Bertz CT molecular complexity index is 296. The van der Waals surface area contributed by atoms with E-state index < -0.39 is 0 Å². The Kier molecular flexibility index (Phi) is 4.30. The molecule has 0 radical (unpaired) electrons. The van der Waals surface area contributed by atoms with Crippen molar-refractivity contribution >= 4 is 5.91 Å². The summed E-state index contributed by atoms with van der Waals surface area (Å²) in [4.78, 5) is 13.4. The van der Waals surface area contributed by atoms with E-state index >= 15 is 0 Å². The molecular formula is C10H18N4O. The van der Waals surface area contributed by atoms with Crippen molar-refractivity contribution < 1.29 is 4.79 Å². The van der Waals surface area contributed by atoms with Gasteiger partial charge in [-0.25, -0.2) is 0 Å². The zero-order valence-electron chi connectivity index (χ0n) is 9.23. The van der Waals surface area contributed by atoms with Crippen LogP contribution in [-0.2, 0) is 11.3 Å². The number of aromatic amines is 1. The molecule has 84 valence electrons. The summed E-state index contributed by atoms with van der Waals surface area (Å²) in [5, 5.41) is 6.53. The van der Waals surface area contributed by atoms with E-state index in [0.717, 1.165) is 18.4 Å². The van der Waals surface area contributed by atoms with Crippen molar-refractivity contribution in [2.75, 3.05) is 7.05 Å². The van der Waals surface area contributed by atoms with Crippen molar-refractivity contribution in [3.05, 3.63) is 18.0 Å². The van der Waals surface area contributed by atoms with Gasteiger partial charge in [0.25, 0.3) is 0 Å². The molecule has 5 heteroatoms. The number of H-pyrrole nitrogens is 1. The van der Waals surface area contributed by atoms with Gasteiger partial charge in [-0.2, -0.15) is 5.10 Å². The first kappa shape index (κ1) is 11.7. The number of hydrogen-bond donors (Lipinski definition) is 2. The molecule has 3 N–H and O–H groups in total. The van der Waals surface area contributed by atoms with Gasteiger partial charge in [0.05, 0.1) is 12.2 Å². The average Bonchev–Trinajstić information content (AvgIpc) is 2.69. The second-order valence-electron chi connectivity index (χ2n) is 3.70. The molecule has 0 aliphatic rings. The molecule has 5 nitrogen and oxygen atoms in total. The third kappa shape index (κ3) is 3.36. The number of carbonyl (C=O) groups excluding carboxylic acids is 1. The van der Waals surface area contributed by atoms with E-state index in [-0.39, 0.29) is 11.9 Å². The van der Waals surface area contributed by atoms with Crippen LogP contribution in [0, 0.1) is 0 Å². The van der Waals surface area contributed by atoms with Crippen LogP contribution < -0.4 is 5.73 Å². The van der Waals surface area contributed by atoms with Crippen LogP contribution in [-0.4, -0.2) is 34.1 Å². The molecule has 1 rings (SSSR count). The summed E-state index contributed by atoms with van der Waals surface area (Å²) in [7, 11) is 1.75. The lowest BCUT2D eigenvalue weighted by Gasteiger charge is -2.20. The van der Waals surface area contributed by atoms with Crippen molar-refractivity contribution in [2.24, 2.45) is 5.73 Å². The Balaban J connectivity index is 2.46. The average molecular weight is 210 g/mol. The van der Waals surface area contributed by atoms with Crippen LogP contribution in [0.5, 0.6) is 0 Å². The highest BCUT2D eigenvalue weighted by molar-refractivity contribution is 5.81. The van der Waals surface area contributed by atoms with Crippen molar-refractivity contribution in [1.29, 1.82) is 0 Å². The summed E-state index contributed by atoms with van der Waals surface area (Å²) in [5.74, 6) is -0.0157. The summed E-state index contributed by atoms with van der Waals surface area (Å²) in [6, 6.07) is -0.382. The molecular weight excluding hydrogens is 192 g/mol. The maximum atomic E-state index is 11.7. The minimum Gasteiger partial charge on any atom is -0.340 e. The number of carbonyl (C=O) groups is 1. The fourth-order valence-electron chi connectivity index (χ4n) is 1.43. The second-order valence-corrected chi connectivity index (χ2v) is 3.70. The topological polar surface area (TPSA) is 75.0 Å². The van der Waals surface area contributed by atoms with Crippen LogP contribution in [0.2, 0.25) is 0 Å². The van der Waals surface area contributed by atoms with Gasteiger partial charge in [-0.3, -0.25) is 9.89 Å². The molecule has 1 heterocycles. The highest BCUT2D eigenvalue weighted by atomic mass is 16.2. The standard InChI is InChI=1S/C10H18N4O/c1-3-4-9(11)10(15)14(2)7-8-5-12-13-6-8/h5-6,9H,3-4,7,11H2,1-2H3,(H,12,13)/t9-/m0/s1. The molecule has 0 aliphatic heterocycles. The van der Waals surface area contributed by atoms with Gasteiger partial charge in [0.15, 0.2) is 0 Å². The lowest BCUT2D eigenvalue weighted by molar-refractivity contribution is -0.131. The predicted octanol–water partition coefficient (Wildman–Crippen LogP) is 0.495. The summed E-state index contributed by atoms with van der Waals surface area (Å²) in [6.45, 7) is 2.57. The molecule has 1 amide bonds. The van der Waals surface area contributed by atoms with Gasteiger partial charge in [0.1, 0.15) is 0 Å². The van der Waals surface area contributed by atoms with E-state index in [2.05, 4.69) is 10.2 Å².